The molecule has 1 N–H and O–H groups in total. The Hall–Kier alpha value is -1.60. The van der Waals surface area contributed by atoms with Crippen LogP contribution in [0.3, 0.4) is 0 Å². The van der Waals surface area contributed by atoms with E-state index in [1.54, 1.807) is 29.8 Å². The highest BCUT2D eigenvalue weighted by atomic mass is 32.2. The van der Waals surface area contributed by atoms with Gasteiger partial charge >= 0.3 is 0 Å². The number of thiophene rings is 1. The highest BCUT2D eigenvalue weighted by molar-refractivity contribution is 7.94. The zero-order chi connectivity index (χ0) is 15.4. The first-order chi connectivity index (χ1) is 10.6. The minimum Gasteiger partial charge on any atom is -0.370 e. The lowest BCUT2D eigenvalue weighted by Crippen LogP contribution is -2.24. The van der Waals surface area contributed by atoms with E-state index in [1.165, 1.54) is 37.0 Å². The number of hydrogen-bond acceptors (Lipinski definition) is 5. The maximum Gasteiger partial charge on any atom is 0.272 e. The van der Waals surface area contributed by atoms with Crippen molar-refractivity contribution in [3.63, 3.8) is 0 Å². The van der Waals surface area contributed by atoms with Crippen LogP contribution in [0.4, 0.5) is 11.5 Å². The Bertz CT molecular complexity index is 689. The van der Waals surface area contributed by atoms with Crippen molar-refractivity contribution < 1.29 is 8.42 Å². The van der Waals surface area contributed by atoms with E-state index in [2.05, 4.69) is 14.6 Å². The van der Waals surface area contributed by atoms with E-state index in [9.17, 15) is 8.42 Å². The van der Waals surface area contributed by atoms with E-state index >= 15 is 0 Å². The van der Waals surface area contributed by atoms with Gasteiger partial charge in [-0.2, -0.15) is 0 Å². The topological polar surface area (TPSA) is 62.3 Å². The Morgan fingerprint density at radius 2 is 1.86 bits per heavy atom. The van der Waals surface area contributed by atoms with Gasteiger partial charge in [0, 0.05) is 13.1 Å². The van der Waals surface area contributed by atoms with Crippen LogP contribution in [0.25, 0.3) is 0 Å². The third-order valence-electron chi connectivity index (χ3n) is 3.72. The van der Waals surface area contributed by atoms with Gasteiger partial charge in [0.15, 0.2) is 0 Å². The van der Waals surface area contributed by atoms with Crippen LogP contribution in [0.5, 0.6) is 0 Å². The molecule has 3 rings (SSSR count). The fourth-order valence-electron chi connectivity index (χ4n) is 2.57. The predicted octanol–water partition coefficient (Wildman–Crippen LogP) is 3.32. The number of nitrogens with zero attached hydrogens (tertiary/aromatic N) is 2. The highest BCUT2D eigenvalue weighted by Gasteiger charge is 2.16. The average molecular weight is 337 g/mol. The number of anilines is 2. The summed E-state index contributed by atoms with van der Waals surface area (Å²) in [5, 5.41) is 1.74. The summed E-state index contributed by atoms with van der Waals surface area (Å²) in [5.74, 6) is 0.354. The van der Waals surface area contributed by atoms with Crippen LogP contribution >= 0.6 is 11.3 Å². The minimum absolute atomic E-state index is 0.297. The molecule has 1 fully saturated rings. The first-order valence-electron chi connectivity index (χ1n) is 7.42. The SMILES string of the molecule is O=S(=O)(Nc1ccc(N2CCCCCC2)cn1)c1cccs1. The number of aromatic nitrogens is 1. The Morgan fingerprint density at radius 3 is 2.45 bits per heavy atom. The highest BCUT2D eigenvalue weighted by Crippen LogP contribution is 2.22. The fraction of sp³-hybridized carbons (Fsp3) is 0.400. The van der Waals surface area contributed by atoms with Gasteiger partial charge in [-0.05, 0) is 36.4 Å². The standard InChI is InChI=1S/C15H19N3O2S2/c19-22(20,15-6-5-11-21-15)17-14-8-7-13(12-16-14)18-9-3-1-2-4-10-18/h5-8,11-12H,1-4,9-10H2,(H,16,17). The molecule has 1 aliphatic heterocycles. The van der Waals surface area contributed by atoms with Crippen molar-refractivity contribution in [2.24, 2.45) is 0 Å². The van der Waals surface area contributed by atoms with Crippen molar-refractivity contribution in [2.45, 2.75) is 29.9 Å². The van der Waals surface area contributed by atoms with E-state index in [4.69, 9.17) is 0 Å². The molecule has 0 amide bonds. The smallest absolute Gasteiger partial charge is 0.272 e. The van der Waals surface area contributed by atoms with E-state index in [1.807, 2.05) is 6.07 Å². The van der Waals surface area contributed by atoms with Gasteiger partial charge in [-0.1, -0.05) is 18.9 Å². The number of pyridine rings is 1. The van der Waals surface area contributed by atoms with E-state index in [0.29, 0.717) is 10.0 Å². The minimum atomic E-state index is -3.52. The van der Waals surface area contributed by atoms with Crippen molar-refractivity contribution in [3.8, 4) is 0 Å². The summed E-state index contributed by atoms with van der Waals surface area (Å²) in [6.45, 7) is 2.09. The largest absolute Gasteiger partial charge is 0.370 e. The molecule has 1 saturated heterocycles. The second kappa shape index (κ2) is 6.66. The van der Waals surface area contributed by atoms with Crippen LogP contribution in [0.15, 0.2) is 40.1 Å². The van der Waals surface area contributed by atoms with Crippen LogP contribution in [0.1, 0.15) is 25.7 Å². The summed E-state index contributed by atoms with van der Waals surface area (Å²) < 4.78 is 27.1. The normalized spacial score (nSPS) is 16.3. The lowest BCUT2D eigenvalue weighted by Gasteiger charge is -2.22. The van der Waals surface area contributed by atoms with Crippen LogP contribution in [0.2, 0.25) is 0 Å². The summed E-state index contributed by atoms with van der Waals surface area (Å²) in [5.41, 5.74) is 1.06. The average Bonchev–Trinajstić information content (AvgIpc) is 2.92. The van der Waals surface area contributed by atoms with Gasteiger partial charge in [0.05, 0.1) is 11.9 Å². The number of sulfonamides is 1. The van der Waals surface area contributed by atoms with Crippen LogP contribution in [-0.4, -0.2) is 26.5 Å². The fourth-order valence-corrected chi connectivity index (χ4v) is 4.57. The quantitative estimate of drug-likeness (QED) is 0.929. The Kier molecular flexibility index (Phi) is 4.63. The second-order valence-electron chi connectivity index (χ2n) is 5.34. The maximum atomic E-state index is 12.1. The first kappa shape index (κ1) is 15.3. The number of hydrogen-bond donors (Lipinski definition) is 1. The molecule has 5 nitrogen and oxygen atoms in total. The van der Waals surface area contributed by atoms with Crippen molar-refractivity contribution >= 4 is 32.9 Å². The van der Waals surface area contributed by atoms with Gasteiger partial charge in [0.25, 0.3) is 10.0 Å². The van der Waals surface area contributed by atoms with Crippen molar-refractivity contribution in [1.29, 1.82) is 0 Å². The predicted molar refractivity (Wildman–Crippen MR) is 90.0 cm³/mol. The Morgan fingerprint density at radius 1 is 1.09 bits per heavy atom. The molecule has 3 heterocycles. The first-order valence-corrected chi connectivity index (χ1v) is 9.79. The van der Waals surface area contributed by atoms with Gasteiger partial charge in [-0.3, -0.25) is 4.72 Å². The molecule has 2 aromatic rings. The third-order valence-corrected chi connectivity index (χ3v) is 6.47. The van der Waals surface area contributed by atoms with Gasteiger partial charge in [0.2, 0.25) is 0 Å². The molecule has 22 heavy (non-hydrogen) atoms. The molecular weight excluding hydrogens is 318 g/mol. The number of nitrogens with one attached hydrogen (secondary N) is 1. The van der Waals surface area contributed by atoms with Crippen molar-refractivity contribution in [2.75, 3.05) is 22.7 Å². The summed E-state index contributed by atoms with van der Waals surface area (Å²) in [6.07, 6.45) is 6.71. The van der Waals surface area contributed by atoms with Crippen LogP contribution in [0, 0.1) is 0 Å². The summed E-state index contributed by atoms with van der Waals surface area (Å²) in [7, 11) is -3.52. The third kappa shape index (κ3) is 3.59. The van der Waals surface area contributed by atoms with E-state index < -0.39 is 10.0 Å². The lowest BCUT2D eigenvalue weighted by molar-refractivity contribution is 0.603. The zero-order valence-electron chi connectivity index (χ0n) is 12.2. The van der Waals surface area contributed by atoms with Crippen molar-refractivity contribution in [3.05, 3.63) is 35.8 Å². The van der Waals surface area contributed by atoms with E-state index in [-0.39, 0.29) is 0 Å². The van der Waals surface area contributed by atoms with Crippen LogP contribution in [-0.2, 0) is 10.0 Å². The second-order valence-corrected chi connectivity index (χ2v) is 8.20. The molecule has 1 aliphatic rings. The lowest BCUT2D eigenvalue weighted by atomic mass is 10.2. The van der Waals surface area contributed by atoms with Crippen LogP contribution < -0.4 is 9.62 Å². The molecule has 0 aliphatic carbocycles. The molecule has 0 saturated carbocycles. The summed E-state index contributed by atoms with van der Waals surface area (Å²) in [6, 6.07) is 6.96. The van der Waals surface area contributed by atoms with Crippen molar-refractivity contribution in [1.82, 2.24) is 4.98 Å². The zero-order valence-corrected chi connectivity index (χ0v) is 13.9. The molecule has 0 aromatic carbocycles. The molecule has 0 spiro atoms. The van der Waals surface area contributed by atoms with Gasteiger partial charge in [-0.15, -0.1) is 11.3 Å². The molecule has 0 bridgehead atoms. The van der Waals surface area contributed by atoms with Gasteiger partial charge < -0.3 is 4.90 Å². The Labute approximate surface area is 135 Å². The molecule has 0 radical (unpaired) electrons. The summed E-state index contributed by atoms with van der Waals surface area (Å²) in [4.78, 5) is 6.57. The number of rotatable bonds is 4. The molecule has 2 aromatic heterocycles. The maximum absolute atomic E-state index is 12.1. The summed E-state index contributed by atoms with van der Waals surface area (Å²) >= 11 is 1.19. The molecule has 0 unspecified atom stereocenters. The molecule has 118 valence electrons. The van der Waals surface area contributed by atoms with Gasteiger partial charge in [-0.25, -0.2) is 13.4 Å². The molecular formula is C15H19N3O2S2. The molecule has 0 atom stereocenters. The molecule has 7 heteroatoms. The van der Waals surface area contributed by atoms with E-state index in [0.717, 1.165) is 18.8 Å². The monoisotopic (exact) mass is 337 g/mol. The van der Waals surface area contributed by atoms with Gasteiger partial charge in [0.1, 0.15) is 10.0 Å². The Balaban J connectivity index is 1.71.